The highest BCUT2D eigenvalue weighted by molar-refractivity contribution is 5.80. The number of nitrogens with zero attached hydrogens (tertiary/aromatic N) is 3. The molecule has 1 saturated carbocycles. The highest BCUT2D eigenvalue weighted by Gasteiger charge is 2.38. The zero-order valence-corrected chi connectivity index (χ0v) is 10.1. The van der Waals surface area contributed by atoms with E-state index in [4.69, 9.17) is 4.52 Å². The number of carbonyl (C=O) groups is 1. The Morgan fingerprint density at radius 2 is 2.18 bits per heavy atom. The monoisotopic (exact) mass is 235 g/mol. The fourth-order valence-electron chi connectivity index (χ4n) is 2.63. The third-order valence-corrected chi connectivity index (χ3v) is 3.82. The van der Waals surface area contributed by atoms with Gasteiger partial charge in [0.1, 0.15) is 6.04 Å². The van der Waals surface area contributed by atoms with Crippen LogP contribution in [0.25, 0.3) is 0 Å². The van der Waals surface area contributed by atoms with Crippen molar-refractivity contribution in [2.45, 2.75) is 45.1 Å². The first-order valence-electron chi connectivity index (χ1n) is 6.36. The summed E-state index contributed by atoms with van der Waals surface area (Å²) in [6.07, 6.45) is 5.26. The van der Waals surface area contributed by atoms with Crippen molar-refractivity contribution in [3.63, 3.8) is 0 Å². The third kappa shape index (κ3) is 1.83. The van der Waals surface area contributed by atoms with Crippen LogP contribution in [-0.4, -0.2) is 27.5 Å². The van der Waals surface area contributed by atoms with E-state index in [1.807, 2.05) is 4.90 Å². The van der Waals surface area contributed by atoms with E-state index in [1.165, 1.54) is 6.42 Å². The maximum Gasteiger partial charge on any atom is 0.249 e. The predicted octanol–water partition coefficient (Wildman–Crippen LogP) is 1.84. The molecule has 0 aromatic carbocycles. The van der Waals surface area contributed by atoms with Crippen molar-refractivity contribution in [2.24, 2.45) is 5.92 Å². The van der Waals surface area contributed by atoms with Gasteiger partial charge in [-0.2, -0.15) is 4.98 Å². The second-order valence-corrected chi connectivity index (χ2v) is 5.00. The number of aryl methyl sites for hydroxylation is 1. The fourth-order valence-corrected chi connectivity index (χ4v) is 2.63. The molecule has 5 heteroatoms. The number of hydrogen-bond acceptors (Lipinski definition) is 4. The van der Waals surface area contributed by atoms with Gasteiger partial charge in [0.15, 0.2) is 5.82 Å². The molecule has 1 aliphatic carbocycles. The molecule has 3 rings (SSSR count). The number of hydrogen-bond donors (Lipinski definition) is 0. The van der Waals surface area contributed by atoms with Crippen LogP contribution in [0.3, 0.4) is 0 Å². The van der Waals surface area contributed by atoms with Gasteiger partial charge < -0.3 is 9.42 Å². The van der Waals surface area contributed by atoms with E-state index < -0.39 is 0 Å². The number of amides is 1. The van der Waals surface area contributed by atoms with Crippen molar-refractivity contribution in [3.05, 3.63) is 11.7 Å². The van der Waals surface area contributed by atoms with Gasteiger partial charge in [-0.05, 0) is 32.6 Å². The Labute approximate surface area is 100 Å². The lowest BCUT2D eigenvalue weighted by Crippen LogP contribution is -2.38. The van der Waals surface area contributed by atoms with Gasteiger partial charge in [-0.3, -0.25) is 4.79 Å². The van der Waals surface area contributed by atoms with Gasteiger partial charge >= 0.3 is 0 Å². The predicted molar refractivity (Wildman–Crippen MR) is 60.1 cm³/mol. The minimum absolute atomic E-state index is 0.0179. The lowest BCUT2D eigenvalue weighted by Gasteiger charge is -2.31. The first kappa shape index (κ1) is 10.7. The number of likely N-dealkylation sites (tertiary alicyclic amines) is 1. The molecule has 1 aromatic rings. The molecule has 2 fully saturated rings. The molecule has 1 aromatic heterocycles. The molecule has 1 saturated heterocycles. The Kier molecular flexibility index (Phi) is 2.61. The summed E-state index contributed by atoms with van der Waals surface area (Å²) in [6, 6.07) is 0.0179. The minimum Gasteiger partial charge on any atom is -0.337 e. The molecule has 5 nitrogen and oxygen atoms in total. The van der Waals surface area contributed by atoms with Crippen LogP contribution >= 0.6 is 0 Å². The highest BCUT2D eigenvalue weighted by Crippen LogP contribution is 2.36. The van der Waals surface area contributed by atoms with E-state index in [9.17, 15) is 4.79 Å². The van der Waals surface area contributed by atoms with Crippen molar-refractivity contribution in [1.29, 1.82) is 0 Å². The Hall–Kier alpha value is -1.39. The summed E-state index contributed by atoms with van der Waals surface area (Å²) in [5, 5.41) is 3.81. The topological polar surface area (TPSA) is 59.2 Å². The van der Waals surface area contributed by atoms with Crippen LogP contribution in [0.2, 0.25) is 0 Å². The van der Waals surface area contributed by atoms with Crippen LogP contribution in [0.4, 0.5) is 0 Å². The molecule has 0 N–H and O–H groups in total. The van der Waals surface area contributed by atoms with Crippen molar-refractivity contribution < 1.29 is 9.32 Å². The van der Waals surface area contributed by atoms with Gasteiger partial charge in [-0.25, -0.2) is 0 Å². The normalized spacial score (nSPS) is 25.0. The molecular weight excluding hydrogens is 218 g/mol. The Bertz CT molecular complexity index is 425. The maximum absolute atomic E-state index is 12.3. The van der Waals surface area contributed by atoms with Gasteiger partial charge in [0.05, 0.1) is 0 Å². The molecule has 0 radical (unpaired) electrons. The number of aromatic nitrogens is 2. The van der Waals surface area contributed by atoms with Crippen LogP contribution in [0.1, 0.15) is 49.9 Å². The van der Waals surface area contributed by atoms with Gasteiger partial charge in [-0.1, -0.05) is 11.6 Å². The second-order valence-electron chi connectivity index (χ2n) is 5.00. The molecule has 2 heterocycles. The standard InChI is InChI=1S/C12H17N3O2/c1-8-13-11(17-14-8)10-6-3-7-15(10)12(16)9-4-2-5-9/h9-10H,2-7H2,1H3. The van der Waals surface area contributed by atoms with Crippen LogP contribution in [0.5, 0.6) is 0 Å². The molecule has 1 atom stereocenters. The molecule has 1 aliphatic heterocycles. The summed E-state index contributed by atoms with van der Waals surface area (Å²) >= 11 is 0. The smallest absolute Gasteiger partial charge is 0.249 e. The van der Waals surface area contributed by atoms with Gasteiger partial charge in [0.2, 0.25) is 11.8 Å². The summed E-state index contributed by atoms with van der Waals surface area (Å²) in [4.78, 5) is 18.5. The molecule has 92 valence electrons. The number of rotatable bonds is 2. The van der Waals surface area contributed by atoms with Crippen molar-refractivity contribution in [1.82, 2.24) is 15.0 Å². The largest absolute Gasteiger partial charge is 0.337 e. The quantitative estimate of drug-likeness (QED) is 0.784. The van der Waals surface area contributed by atoms with E-state index >= 15 is 0 Å². The Morgan fingerprint density at radius 3 is 2.76 bits per heavy atom. The zero-order valence-electron chi connectivity index (χ0n) is 10.1. The fraction of sp³-hybridized carbons (Fsp3) is 0.750. The van der Waals surface area contributed by atoms with Crippen LogP contribution in [-0.2, 0) is 4.79 Å². The van der Waals surface area contributed by atoms with Crippen molar-refractivity contribution in [3.8, 4) is 0 Å². The molecular formula is C12H17N3O2. The summed E-state index contributed by atoms with van der Waals surface area (Å²) in [7, 11) is 0. The molecule has 17 heavy (non-hydrogen) atoms. The zero-order chi connectivity index (χ0) is 11.8. The lowest BCUT2D eigenvalue weighted by molar-refractivity contribution is -0.139. The highest BCUT2D eigenvalue weighted by atomic mass is 16.5. The molecule has 0 bridgehead atoms. The Morgan fingerprint density at radius 1 is 1.35 bits per heavy atom. The molecule has 0 spiro atoms. The maximum atomic E-state index is 12.3. The van der Waals surface area contributed by atoms with Crippen molar-refractivity contribution in [2.75, 3.05) is 6.54 Å². The van der Waals surface area contributed by atoms with Crippen LogP contribution in [0, 0.1) is 12.8 Å². The summed E-state index contributed by atoms with van der Waals surface area (Å²) in [6.45, 7) is 2.64. The average Bonchev–Trinajstić information content (AvgIpc) is 2.81. The lowest BCUT2D eigenvalue weighted by atomic mass is 9.84. The average molecular weight is 235 g/mol. The Balaban J connectivity index is 1.77. The molecule has 2 aliphatic rings. The van der Waals surface area contributed by atoms with E-state index in [-0.39, 0.29) is 17.9 Å². The van der Waals surface area contributed by atoms with E-state index in [0.717, 1.165) is 32.2 Å². The summed E-state index contributed by atoms with van der Waals surface area (Å²) in [5.41, 5.74) is 0. The SMILES string of the molecule is Cc1noc(C2CCCN2C(=O)C2CCC2)n1. The van der Waals surface area contributed by atoms with E-state index in [0.29, 0.717) is 11.7 Å². The molecule has 1 amide bonds. The summed E-state index contributed by atoms with van der Waals surface area (Å²) in [5.74, 6) is 1.78. The van der Waals surface area contributed by atoms with Gasteiger partial charge in [0, 0.05) is 12.5 Å². The second kappa shape index (κ2) is 4.13. The molecule has 1 unspecified atom stereocenters. The van der Waals surface area contributed by atoms with Crippen LogP contribution < -0.4 is 0 Å². The van der Waals surface area contributed by atoms with Gasteiger partial charge in [-0.15, -0.1) is 0 Å². The third-order valence-electron chi connectivity index (χ3n) is 3.82. The van der Waals surface area contributed by atoms with E-state index in [2.05, 4.69) is 10.1 Å². The first-order valence-corrected chi connectivity index (χ1v) is 6.36. The van der Waals surface area contributed by atoms with Crippen LogP contribution in [0.15, 0.2) is 4.52 Å². The first-order chi connectivity index (χ1) is 8.25. The minimum atomic E-state index is 0.0179. The van der Waals surface area contributed by atoms with Crippen molar-refractivity contribution >= 4 is 5.91 Å². The number of carbonyl (C=O) groups excluding carboxylic acids is 1. The van der Waals surface area contributed by atoms with E-state index in [1.54, 1.807) is 6.92 Å². The summed E-state index contributed by atoms with van der Waals surface area (Å²) < 4.78 is 5.21. The van der Waals surface area contributed by atoms with Gasteiger partial charge in [0.25, 0.3) is 0 Å².